The molecule has 0 aliphatic heterocycles. The number of rotatable bonds is 0. The minimum absolute atomic E-state index is 0. The minimum Gasteiger partial charge on any atom is -1.00 e. The maximum Gasteiger partial charge on any atom is 0.556 e. The van der Waals surface area contributed by atoms with Gasteiger partial charge in [-0.3, -0.25) is 5.73 Å². The van der Waals surface area contributed by atoms with E-state index in [0.717, 1.165) is 0 Å². The number of halogens is 6. The second-order valence-corrected chi connectivity index (χ2v) is 0.615. The number of hydrogen-bond donors (Lipinski definition) is 1. The van der Waals surface area contributed by atoms with Crippen molar-refractivity contribution < 1.29 is 56.1 Å². The Morgan fingerprint density at radius 3 is 0.875 bits per heavy atom. The molecule has 0 aliphatic rings. The molecule has 0 rings (SSSR count). The first kappa shape index (κ1) is 23.4. The van der Waals surface area contributed by atoms with Crippen LogP contribution in [0.4, 0.5) is 13.2 Å². The van der Waals surface area contributed by atoms with E-state index in [4.69, 9.17) is 0 Å². The topological polar surface area (TPSA) is 27.6 Å². The van der Waals surface area contributed by atoms with Crippen LogP contribution < -0.4 is 43.0 Å². The quantitative estimate of drug-likeness (QED) is 0.369. The SMILES string of the molecule is [Cl-].[Cl-].[Cl-].[NH3+]C(F)(F)F. The average molecular weight is 192 g/mol. The van der Waals surface area contributed by atoms with Crippen molar-refractivity contribution in [3.63, 3.8) is 0 Å². The van der Waals surface area contributed by atoms with Crippen LogP contribution in [0.5, 0.6) is 0 Å². The highest BCUT2D eigenvalue weighted by molar-refractivity contribution is 4.01. The third kappa shape index (κ3) is 544. The largest absolute Gasteiger partial charge is 1.00 e. The second kappa shape index (κ2) is 7.62. The van der Waals surface area contributed by atoms with Gasteiger partial charge in [0.25, 0.3) is 0 Å². The van der Waals surface area contributed by atoms with Gasteiger partial charge >= 0.3 is 6.30 Å². The molecule has 3 N–H and O–H groups in total. The van der Waals surface area contributed by atoms with Crippen molar-refractivity contribution in [2.75, 3.05) is 0 Å². The second-order valence-electron chi connectivity index (χ2n) is 0.615. The summed E-state index contributed by atoms with van der Waals surface area (Å²) >= 11 is 0. The molecule has 0 saturated carbocycles. The first-order valence-electron chi connectivity index (χ1n) is 0.921. The molecule has 56 valence electrons. The molecule has 0 amide bonds. The maximum absolute atomic E-state index is 10.2. The summed E-state index contributed by atoms with van der Waals surface area (Å²) < 4.78 is 30.7. The van der Waals surface area contributed by atoms with Crippen LogP contribution in [-0.4, -0.2) is 6.30 Å². The first-order valence-corrected chi connectivity index (χ1v) is 0.921. The Labute approximate surface area is 63.0 Å². The molecule has 0 aliphatic carbocycles. The van der Waals surface area contributed by atoms with Crippen LogP contribution >= 0.6 is 0 Å². The predicted molar refractivity (Wildman–Crippen MR) is 8.94 cm³/mol. The Bertz CT molecular complexity index is 30.0. The zero-order valence-corrected chi connectivity index (χ0v) is 5.74. The smallest absolute Gasteiger partial charge is 0.556 e. The normalized spacial score (nSPS) is 7.50. The van der Waals surface area contributed by atoms with Crippen molar-refractivity contribution in [1.29, 1.82) is 0 Å². The van der Waals surface area contributed by atoms with Crippen molar-refractivity contribution in [2.24, 2.45) is 0 Å². The fraction of sp³-hybridized carbons (Fsp3) is 1.00. The standard InChI is InChI=1S/CH2F3N.3ClH/c2-1(3,4)5;;;/h5H2;3*1H/p-2. The van der Waals surface area contributed by atoms with E-state index in [0.29, 0.717) is 0 Å². The lowest BCUT2D eigenvalue weighted by Gasteiger charge is -1.83. The van der Waals surface area contributed by atoms with Crippen molar-refractivity contribution in [2.45, 2.75) is 6.30 Å². The monoisotopic (exact) mass is 191 g/mol. The maximum atomic E-state index is 10.2. The molecule has 8 heavy (non-hydrogen) atoms. The predicted octanol–water partition coefficient (Wildman–Crippen LogP) is -9.24. The molecule has 0 spiro atoms. The Morgan fingerprint density at radius 1 is 0.875 bits per heavy atom. The Balaban J connectivity index is -0.0000000267. The molecule has 0 bridgehead atoms. The van der Waals surface area contributed by atoms with Gasteiger partial charge in [-0.25, -0.2) is 0 Å². The molecule has 0 heterocycles. The van der Waals surface area contributed by atoms with E-state index in [1.807, 2.05) is 0 Å². The van der Waals surface area contributed by atoms with E-state index in [9.17, 15) is 13.2 Å². The molecule has 0 fully saturated rings. The number of hydrogen-bond acceptors (Lipinski definition) is 0. The molecule has 1 nitrogen and oxygen atoms in total. The van der Waals surface area contributed by atoms with Crippen LogP contribution in [0.25, 0.3) is 0 Å². The summed E-state index contributed by atoms with van der Waals surface area (Å²) in [7, 11) is 0. The molecule has 0 aromatic carbocycles. The summed E-state index contributed by atoms with van der Waals surface area (Å²) in [6.07, 6.45) is -4.25. The molecule has 0 unspecified atom stereocenters. The third-order valence-electron chi connectivity index (χ3n) is 0. The van der Waals surface area contributed by atoms with Gasteiger partial charge in [0.15, 0.2) is 0 Å². The van der Waals surface area contributed by atoms with E-state index in [1.54, 1.807) is 5.73 Å². The lowest BCUT2D eigenvalue weighted by molar-refractivity contribution is -0.618. The molecule has 0 aromatic heterocycles. The van der Waals surface area contributed by atoms with Crippen LogP contribution in [-0.2, 0) is 0 Å². The van der Waals surface area contributed by atoms with E-state index >= 15 is 0 Å². The summed E-state index contributed by atoms with van der Waals surface area (Å²) in [6.45, 7) is 0. The zero-order chi connectivity index (χ0) is 4.50. The van der Waals surface area contributed by atoms with Crippen molar-refractivity contribution in [3.8, 4) is 0 Å². The molecule has 0 aromatic rings. The van der Waals surface area contributed by atoms with Crippen molar-refractivity contribution in [3.05, 3.63) is 0 Å². The highest BCUT2D eigenvalue weighted by Gasteiger charge is 2.23. The average Bonchev–Trinajstić information content (AvgIpc) is 0.722. The van der Waals surface area contributed by atoms with Gasteiger partial charge in [-0.15, -0.1) is 13.2 Å². The van der Waals surface area contributed by atoms with Crippen LogP contribution in [0, 0.1) is 0 Å². The fourth-order valence-corrected chi connectivity index (χ4v) is 0. The summed E-state index contributed by atoms with van der Waals surface area (Å²) in [6, 6.07) is 0. The Kier molecular flexibility index (Phi) is 22.3. The highest BCUT2D eigenvalue weighted by Crippen LogP contribution is 1.98. The fourth-order valence-electron chi connectivity index (χ4n) is 0. The Morgan fingerprint density at radius 2 is 0.875 bits per heavy atom. The van der Waals surface area contributed by atoms with Gasteiger partial charge < -0.3 is 37.2 Å². The zero-order valence-electron chi connectivity index (χ0n) is 3.47. The van der Waals surface area contributed by atoms with Crippen molar-refractivity contribution in [1.82, 2.24) is 0 Å². The van der Waals surface area contributed by atoms with E-state index < -0.39 is 6.30 Å². The van der Waals surface area contributed by atoms with Crippen molar-refractivity contribution >= 4 is 0 Å². The number of alkyl halides is 3. The first-order chi connectivity index (χ1) is 2.00. The van der Waals surface area contributed by atoms with Crippen LogP contribution in [0.2, 0.25) is 0 Å². The summed E-state index contributed by atoms with van der Waals surface area (Å²) in [4.78, 5) is 0. The van der Waals surface area contributed by atoms with Crippen LogP contribution in [0.15, 0.2) is 0 Å². The van der Waals surface area contributed by atoms with E-state index in [-0.39, 0.29) is 37.2 Å². The van der Waals surface area contributed by atoms with Gasteiger partial charge in [-0.1, -0.05) is 0 Å². The van der Waals surface area contributed by atoms with Gasteiger partial charge in [-0.2, -0.15) is 0 Å². The molecule has 0 saturated heterocycles. The number of quaternary nitrogens is 1. The lowest BCUT2D eigenvalue weighted by Crippen LogP contribution is -3.00. The summed E-state index contributed by atoms with van der Waals surface area (Å²) in [5, 5.41) is 0. The summed E-state index contributed by atoms with van der Waals surface area (Å²) in [5.74, 6) is 0. The Hall–Kier alpha value is 0.620. The lowest BCUT2D eigenvalue weighted by atomic mass is 11.3. The molecule has 7 heteroatoms. The van der Waals surface area contributed by atoms with Gasteiger partial charge in [0.05, 0.1) is 0 Å². The molecule has 0 radical (unpaired) electrons. The molecular weight excluding hydrogens is 189 g/mol. The van der Waals surface area contributed by atoms with Gasteiger partial charge in [-0.05, 0) is 0 Å². The summed E-state index contributed by atoms with van der Waals surface area (Å²) in [5.41, 5.74) is 1.77. The highest BCUT2D eigenvalue weighted by atomic mass is 35.5. The van der Waals surface area contributed by atoms with Crippen LogP contribution in [0.1, 0.15) is 0 Å². The van der Waals surface area contributed by atoms with Gasteiger partial charge in [0.2, 0.25) is 0 Å². The van der Waals surface area contributed by atoms with Crippen LogP contribution in [0.3, 0.4) is 0 Å². The van der Waals surface area contributed by atoms with Gasteiger partial charge in [0.1, 0.15) is 0 Å². The molecule has 0 atom stereocenters. The third-order valence-corrected chi connectivity index (χ3v) is 0. The molecular formula is CH3Cl3F3N-2. The van der Waals surface area contributed by atoms with Gasteiger partial charge in [0, 0.05) is 0 Å². The van der Waals surface area contributed by atoms with E-state index in [2.05, 4.69) is 0 Å². The van der Waals surface area contributed by atoms with E-state index in [1.165, 1.54) is 0 Å². The minimum atomic E-state index is -4.25.